The van der Waals surface area contributed by atoms with Crippen molar-refractivity contribution < 1.29 is 9.21 Å². The third-order valence-corrected chi connectivity index (χ3v) is 4.58. The Balaban J connectivity index is 0.00000208. The molecule has 1 atom stereocenters. The molecule has 1 saturated heterocycles. The Kier molecular flexibility index (Phi) is 6.82. The molecular weight excluding hydrogens is 326 g/mol. The van der Waals surface area contributed by atoms with Gasteiger partial charge in [-0.05, 0) is 62.0 Å². The van der Waals surface area contributed by atoms with Crippen LogP contribution in [0.2, 0.25) is 0 Å². The Morgan fingerprint density at radius 2 is 2.04 bits per heavy atom. The molecule has 0 bridgehead atoms. The van der Waals surface area contributed by atoms with Crippen LogP contribution >= 0.6 is 12.4 Å². The van der Waals surface area contributed by atoms with E-state index in [1.165, 1.54) is 19.2 Å². The molecule has 2 heterocycles. The van der Waals surface area contributed by atoms with Crippen molar-refractivity contribution in [1.82, 2.24) is 10.3 Å². The number of hydrogen-bond donors (Lipinski definition) is 2. The van der Waals surface area contributed by atoms with Gasteiger partial charge in [0.1, 0.15) is 0 Å². The van der Waals surface area contributed by atoms with E-state index in [2.05, 4.69) is 22.5 Å². The Labute approximate surface area is 148 Å². The first-order valence-corrected chi connectivity index (χ1v) is 8.22. The number of aromatic nitrogens is 1. The molecule has 0 aliphatic carbocycles. The molecule has 1 amide bonds. The molecule has 2 N–H and O–H groups in total. The van der Waals surface area contributed by atoms with Crippen LogP contribution in [0.5, 0.6) is 0 Å². The predicted octanol–water partition coefficient (Wildman–Crippen LogP) is 3.73. The third kappa shape index (κ3) is 4.82. The number of halogens is 1. The lowest BCUT2D eigenvalue weighted by Gasteiger charge is -2.27. The van der Waals surface area contributed by atoms with E-state index in [9.17, 15) is 4.79 Å². The minimum atomic E-state index is 0. The number of hydrogen-bond acceptors (Lipinski definition) is 4. The summed E-state index contributed by atoms with van der Waals surface area (Å²) in [5.41, 5.74) is 1.76. The summed E-state index contributed by atoms with van der Waals surface area (Å²) in [5, 5.41) is 6.35. The van der Waals surface area contributed by atoms with Gasteiger partial charge in [0.25, 0.3) is 0 Å². The molecule has 1 aliphatic rings. The highest BCUT2D eigenvalue weighted by Crippen LogP contribution is 2.25. The quantitative estimate of drug-likeness (QED) is 0.863. The number of carbonyl (C=O) groups excluding carboxylic acids is 1. The Hall–Kier alpha value is -1.85. The molecule has 5 nitrogen and oxygen atoms in total. The second-order valence-electron chi connectivity index (χ2n) is 6.26. The Bertz CT molecular complexity index is 622. The van der Waals surface area contributed by atoms with Gasteiger partial charge in [-0.3, -0.25) is 4.79 Å². The summed E-state index contributed by atoms with van der Waals surface area (Å²) < 4.78 is 5.26. The van der Waals surface area contributed by atoms with Crippen molar-refractivity contribution in [2.75, 3.05) is 18.4 Å². The minimum Gasteiger partial charge on any atom is -0.444 e. The number of piperidine rings is 1. The Morgan fingerprint density at radius 1 is 1.33 bits per heavy atom. The van der Waals surface area contributed by atoms with E-state index in [1.807, 2.05) is 24.3 Å². The topological polar surface area (TPSA) is 67.2 Å². The van der Waals surface area contributed by atoms with E-state index in [-0.39, 0.29) is 18.3 Å². The van der Waals surface area contributed by atoms with Gasteiger partial charge < -0.3 is 15.1 Å². The van der Waals surface area contributed by atoms with E-state index >= 15 is 0 Å². The second kappa shape index (κ2) is 8.85. The molecule has 0 saturated carbocycles. The monoisotopic (exact) mass is 349 g/mol. The summed E-state index contributed by atoms with van der Waals surface area (Å²) in [4.78, 5) is 16.1. The molecule has 2 aromatic rings. The molecule has 1 aromatic heterocycles. The third-order valence-electron chi connectivity index (χ3n) is 4.58. The van der Waals surface area contributed by atoms with Gasteiger partial charge in [-0.15, -0.1) is 12.4 Å². The molecule has 0 spiro atoms. The number of nitrogens with zero attached hydrogens (tertiary/aromatic N) is 1. The highest BCUT2D eigenvalue weighted by molar-refractivity contribution is 5.91. The van der Waals surface area contributed by atoms with Crippen LogP contribution in [0.4, 0.5) is 5.69 Å². The van der Waals surface area contributed by atoms with Crippen molar-refractivity contribution >= 4 is 24.0 Å². The summed E-state index contributed by atoms with van der Waals surface area (Å²) in [7, 11) is 0. The number of anilines is 1. The number of nitrogens with one attached hydrogen (secondary N) is 2. The van der Waals surface area contributed by atoms with Crippen molar-refractivity contribution in [3.8, 4) is 11.3 Å². The maximum atomic E-state index is 12.2. The van der Waals surface area contributed by atoms with Gasteiger partial charge in [0.2, 0.25) is 5.91 Å². The first kappa shape index (κ1) is 18.5. The summed E-state index contributed by atoms with van der Waals surface area (Å²) in [6.07, 6.45) is 6.00. The van der Waals surface area contributed by atoms with Crippen LogP contribution in [-0.2, 0) is 4.79 Å². The van der Waals surface area contributed by atoms with Gasteiger partial charge in [0.05, 0.1) is 6.20 Å². The highest BCUT2D eigenvalue weighted by atomic mass is 35.5. The van der Waals surface area contributed by atoms with Crippen molar-refractivity contribution in [2.24, 2.45) is 11.8 Å². The van der Waals surface area contributed by atoms with Gasteiger partial charge >= 0.3 is 0 Å². The molecule has 1 aromatic carbocycles. The van der Waals surface area contributed by atoms with Crippen LogP contribution in [0.15, 0.2) is 41.3 Å². The predicted molar refractivity (Wildman–Crippen MR) is 97.2 cm³/mol. The zero-order valence-electron chi connectivity index (χ0n) is 13.8. The van der Waals surface area contributed by atoms with E-state index in [0.717, 1.165) is 30.1 Å². The fourth-order valence-corrected chi connectivity index (χ4v) is 3.16. The maximum absolute atomic E-state index is 12.2. The lowest BCUT2D eigenvalue weighted by atomic mass is 9.84. The maximum Gasteiger partial charge on any atom is 0.224 e. The van der Waals surface area contributed by atoms with Crippen LogP contribution in [0.3, 0.4) is 0 Å². The van der Waals surface area contributed by atoms with Crippen LogP contribution in [0.25, 0.3) is 11.3 Å². The average molecular weight is 350 g/mol. The smallest absolute Gasteiger partial charge is 0.224 e. The van der Waals surface area contributed by atoms with Crippen molar-refractivity contribution in [3.05, 3.63) is 36.9 Å². The second-order valence-corrected chi connectivity index (χ2v) is 6.26. The number of carbonyl (C=O) groups is 1. The van der Waals surface area contributed by atoms with Gasteiger partial charge in [0.15, 0.2) is 12.2 Å². The van der Waals surface area contributed by atoms with Crippen LogP contribution < -0.4 is 10.6 Å². The molecular formula is C18H24ClN3O2. The molecule has 0 radical (unpaired) electrons. The minimum absolute atomic E-state index is 0. The first-order chi connectivity index (χ1) is 11.2. The fourth-order valence-electron chi connectivity index (χ4n) is 3.16. The van der Waals surface area contributed by atoms with E-state index in [1.54, 1.807) is 6.20 Å². The lowest BCUT2D eigenvalue weighted by molar-refractivity contribution is -0.117. The van der Waals surface area contributed by atoms with E-state index < -0.39 is 0 Å². The zero-order chi connectivity index (χ0) is 16.1. The molecule has 1 unspecified atom stereocenters. The lowest BCUT2D eigenvalue weighted by Crippen LogP contribution is -2.32. The zero-order valence-corrected chi connectivity index (χ0v) is 14.6. The van der Waals surface area contributed by atoms with Crippen LogP contribution in [-0.4, -0.2) is 24.0 Å². The van der Waals surface area contributed by atoms with E-state index in [0.29, 0.717) is 18.3 Å². The Morgan fingerprint density at radius 3 is 2.67 bits per heavy atom. The standard InChI is InChI=1S/C18H23N3O2.ClH/c1-13(14-6-8-19-9-7-14)10-18(22)21-16-4-2-15(3-5-16)17-11-20-12-23-17;/h2-5,11-14,19H,6-10H2,1H3,(H,21,22);1H. The molecule has 3 rings (SSSR count). The SMILES string of the molecule is CC(CC(=O)Nc1ccc(-c2cnco2)cc1)C1CCNCC1.Cl. The van der Waals surface area contributed by atoms with Gasteiger partial charge in [-0.1, -0.05) is 6.92 Å². The normalized spacial score (nSPS) is 16.2. The fraction of sp³-hybridized carbons (Fsp3) is 0.444. The van der Waals surface area contributed by atoms with E-state index in [4.69, 9.17) is 4.42 Å². The van der Waals surface area contributed by atoms with Crippen LogP contribution in [0.1, 0.15) is 26.2 Å². The molecule has 130 valence electrons. The highest BCUT2D eigenvalue weighted by Gasteiger charge is 2.22. The first-order valence-electron chi connectivity index (χ1n) is 8.22. The molecule has 6 heteroatoms. The number of oxazole rings is 1. The van der Waals surface area contributed by atoms with Crippen molar-refractivity contribution in [3.63, 3.8) is 0 Å². The molecule has 24 heavy (non-hydrogen) atoms. The van der Waals surface area contributed by atoms with Crippen LogP contribution in [0, 0.1) is 11.8 Å². The van der Waals surface area contributed by atoms with Crippen molar-refractivity contribution in [2.45, 2.75) is 26.2 Å². The number of benzene rings is 1. The summed E-state index contributed by atoms with van der Waals surface area (Å²) in [5.74, 6) is 1.88. The largest absolute Gasteiger partial charge is 0.444 e. The molecule has 1 fully saturated rings. The van der Waals surface area contributed by atoms with Crippen molar-refractivity contribution in [1.29, 1.82) is 0 Å². The number of rotatable bonds is 5. The van der Waals surface area contributed by atoms with Gasteiger partial charge in [-0.25, -0.2) is 4.98 Å². The number of amides is 1. The molecule has 1 aliphatic heterocycles. The summed E-state index contributed by atoms with van der Waals surface area (Å²) in [6.45, 7) is 4.32. The average Bonchev–Trinajstić information content (AvgIpc) is 3.11. The summed E-state index contributed by atoms with van der Waals surface area (Å²) >= 11 is 0. The van der Waals surface area contributed by atoms with Gasteiger partial charge in [-0.2, -0.15) is 0 Å². The van der Waals surface area contributed by atoms with Gasteiger partial charge in [0, 0.05) is 17.7 Å². The summed E-state index contributed by atoms with van der Waals surface area (Å²) in [6, 6.07) is 7.63.